The standard InChI is InChI=1S/C19H14N2O2S/c22-17(14-8-2-1-3-9-14)20-19(23)21-18(24)16-12-6-10-13-7-4-5-11-15(13)16/h1-12H,(H2,20,21,22,23,24). The van der Waals surface area contributed by atoms with E-state index in [-0.39, 0.29) is 4.99 Å². The van der Waals surface area contributed by atoms with Gasteiger partial charge in [0.1, 0.15) is 4.99 Å². The summed E-state index contributed by atoms with van der Waals surface area (Å²) in [4.78, 5) is 24.3. The molecule has 0 saturated carbocycles. The second-order valence-electron chi connectivity index (χ2n) is 5.13. The van der Waals surface area contributed by atoms with E-state index in [0.717, 1.165) is 16.3 Å². The zero-order valence-corrected chi connectivity index (χ0v) is 13.5. The van der Waals surface area contributed by atoms with Crippen LogP contribution in [-0.4, -0.2) is 16.9 Å². The monoisotopic (exact) mass is 334 g/mol. The zero-order valence-electron chi connectivity index (χ0n) is 12.7. The second kappa shape index (κ2) is 7.02. The van der Waals surface area contributed by atoms with E-state index in [4.69, 9.17) is 12.2 Å². The fraction of sp³-hybridized carbons (Fsp3) is 0. The maximum atomic E-state index is 12.0. The Kier molecular flexibility index (Phi) is 4.63. The van der Waals surface area contributed by atoms with Crippen molar-refractivity contribution >= 4 is 39.9 Å². The van der Waals surface area contributed by atoms with Crippen LogP contribution in [0.25, 0.3) is 10.8 Å². The van der Waals surface area contributed by atoms with Gasteiger partial charge < -0.3 is 0 Å². The minimum Gasteiger partial charge on any atom is -0.298 e. The van der Waals surface area contributed by atoms with E-state index in [1.165, 1.54) is 0 Å². The molecule has 0 heterocycles. The van der Waals surface area contributed by atoms with Crippen molar-refractivity contribution in [3.63, 3.8) is 0 Å². The first kappa shape index (κ1) is 15.8. The van der Waals surface area contributed by atoms with E-state index in [1.54, 1.807) is 30.3 Å². The molecule has 0 spiro atoms. The summed E-state index contributed by atoms with van der Waals surface area (Å²) in [5, 5.41) is 6.79. The normalized spacial score (nSPS) is 10.2. The summed E-state index contributed by atoms with van der Waals surface area (Å²) >= 11 is 5.31. The van der Waals surface area contributed by atoms with Gasteiger partial charge in [-0.3, -0.25) is 15.4 Å². The fourth-order valence-electron chi connectivity index (χ4n) is 2.39. The van der Waals surface area contributed by atoms with Crippen LogP contribution in [0.5, 0.6) is 0 Å². The van der Waals surface area contributed by atoms with E-state index < -0.39 is 11.9 Å². The van der Waals surface area contributed by atoms with Crippen molar-refractivity contribution in [2.45, 2.75) is 0 Å². The Balaban J connectivity index is 1.72. The molecule has 0 radical (unpaired) electrons. The summed E-state index contributed by atoms with van der Waals surface area (Å²) in [6.45, 7) is 0. The number of amides is 3. The van der Waals surface area contributed by atoms with Crippen LogP contribution in [0.15, 0.2) is 72.8 Å². The van der Waals surface area contributed by atoms with Crippen molar-refractivity contribution in [1.82, 2.24) is 10.6 Å². The summed E-state index contributed by atoms with van der Waals surface area (Å²) < 4.78 is 0. The van der Waals surface area contributed by atoms with Gasteiger partial charge in [-0.05, 0) is 22.9 Å². The number of nitrogens with one attached hydrogen (secondary N) is 2. The molecule has 0 aliphatic carbocycles. The first-order valence-electron chi connectivity index (χ1n) is 7.34. The summed E-state index contributed by atoms with van der Waals surface area (Å²) in [6, 6.07) is 21.3. The smallest absolute Gasteiger partial charge is 0.298 e. The number of rotatable bonds is 2. The lowest BCUT2D eigenvalue weighted by molar-refractivity contribution is 0.0965. The van der Waals surface area contributed by atoms with Gasteiger partial charge in [0.15, 0.2) is 0 Å². The summed E-state index contributed by atoms with van der Waals surface area (Å²) in [7, 11) is 0. The Morgan fingerprint density at radius 3 is 2.21 bits per heavy atom. The van der Waals surface area contributed by atoms with E-state index >= 15 is 0 Å². The number of hydrogen-bond donors (Lipinski definition) is 2. The number of thiocarbonyl (C=S) groups is 1. The molecule has 3 aromatic rings. The summed E-state index contributed by atoms with van der Waals surface area (Å²) in [5.74, 6) is -0.478. The molecule has 0 unspecified atom stereocenters. The maximum absolute atomic E-state index is 12.0. The first-order chi connectivity index (χ1) is 11.6. The van der Waals surface area contributed by atoms with Crippen LogP contribution >= 0.6 is 12.2 Å². The van der Waals surface area contributed by atoms with Crippen molar-refractivity contribution in [1.29, 1.82) is 0 Å². The molecule has 5 heteroatoms. The average Bonchev–Trinajstić information content (AvgIpc) is 2.61. The van der Waals surface area contributed by atoms with Gasteiger partial charge in [-0.25, -0.2) is 4.79 Å². The number of imide groups is 1. The quantitative estimate of drug-likeness (QED) is 0.703. The molecule has 0 bridgehead atoms. The highest BCUT2D eigenvalue weighted by Crippen LogP contribution is 2.18. The van der Waals surface area contributed by atoms with Crippen LogP contribution in [0.1, 0.15) is 15.9 Å². The molecule has 0 fully saturated rings. The van der Waals surface area contributed by atoms with Crippen molar-refractivity contribution in [3.05, 3.63) is 83.9 Å². The minimum atomic E-state index is -0.651. The van der Waals surface area contributed by atoms with E-state index in [1.807, 2.05) is 42.5 Å². The first-order valence-corrected chi connectivity index (χ1v) is 7.75. The highest BCUT2D eigenvalue weighted by Gasteiger charge is 2.13. The Labute approximate surface area is 144 Å². The Bertz CT molecular complexity index is 918. The topological polar surface area (TPSA) is 58.2 Å². The Morgan fingerprint density at radius 2 is 1.42 bits per heavy atom. The van der Waals surface area contributed by atoms with Crippen LogP contribution in [0.4, 0.5) is 4.79 Å². The second-order valence-corrected chi connectivity index (χ2v) is 5.54. The third kappa shape index (κ3) is 3.47. The number of fused-ring (bicyclic) bond motifs is 1. The van der Waals surface area contributed by atoms with Crippen LogP contribution in [-0.2, 0) is 0 Å². The number of carbonyl (C=O) groups is 2. The lowest BCUT2D eigenvalue weighted by Gasteiger charge is -2.10. The molecule has 2 N–H and O–H groups in total. The van der Waals surface area contributed by atoms with Gasteiger partial charge >= 0.3 is 6.03 Å². The van der Waals surface area contributed by atoms with Crippen LogP contribution in [0.3, 0.4) is 0 Å². The van der Waals surface area contributed by atoms with Crippen molar-refractivity contribution in [3.8, 4) is 0 Å². The Hall–Kier alpha value is -3.05. The van der Waals surface area contributed by atoms with Crippen LogP contribution < -0.4 is 10.6 Å². The van der Waals surface area contributed by atoms with Crippen molar-refractivity contribution in [2.75, 3.05) is 0 Å². The predicted octanol–water partition coefficient (Wildman–Crippen LogP) is 3.65. The molecule has 0 saturated heterocycles. The van der Waals surface area contributed by atoms with Crippen LogP contribution in [0.2, 0.25) is 0 Å². The van der Waals surface area contributed by atoms with Gasteiger partial charge in [-0.1, -0.05) is 72.9 Å². The largest absolute Gasteiger partial charge is 0.326 e. The number of benzene rings is 3. The van der Waals surface area contributed by atoms with Gasteiger partial charge in [0.2, 0.25) is 0 Å². The minimum absolute atomic E-state index is 0.269. The molecule has 3 amide bonds. The highest BCUT2D eigenvalue weighted by molar-refractivity contribution is 7.80. The SMILES string of the molecule is O=C(NC(=O)c1ccccc1)NC(=S)c1cccc2ccccc12. The molecule has 4 nitrogen and oxygen atoms in total. The van der Waals surface area contributed by atoms with Gasteiger partial charge in [-0.2, -0.15) is 0 Å². The highest BCUT2D eigenvalue weighted by atomic mass is 32.1. The molecule has 0 atom stereocenters. The van der Waals surface area contributed by atoms with E-state index in [2.05, 4.69) is 10.6 Å². The Morgan fingerprint density at radius 1 is 0.750 bits per heavy atom. The molecule has 0 aliphatic heterocycles. The average molecular weight is 334 g/mol. The van der Waals surface area contributed by atoms with Gasteiger partial charge in [0.25, 0.3) is 5.91 Å². The lowest BCUT2D eigenvalue weighted by atomic mass is 10.0. The molecule has 3 rings (SSSR count). The zero-order chi connectivity index (χ0) is 16.9. The molecule has 24 heavy (non-hydrogen) atoms. The van der Waals surface area contributed by atoms with Gasteiger partial charge in [0, 0.05) is 11.1 Å². The molecular weight excluding hydrogens is 320 g/mol. The summed E-state index contributed by atoms with van der Waals surface area (Å²) in [6.07, 6.45) is 0. The fourth-order valence-corrected chi connectivity index (χ4v) is 2.66. The van der Waals surface area contributed by atoms with Crippen molar-refractivity contribution < 1.29 is 9.59 Å². The third-order valence-electron chi connectivity index (χ3n) is 3.52. The lowest BCUT2D eigenvalue weighted by Crippen LogP contribution is -2.42. The molecule has 0 aromatic heterocycles. The third-order valence-corrected chi connectivity index (χ3v) is 3.85. The number of urea groups is 1. The summed E-state index contributed by atoms with van der Waals surface area (Å²) in [5.41, 5.74) is 1.15. The maximum Gasteiger partial charge on any atom is 0.326 e. The van der Waals surface area contributed by atoms with E-state index in [9.17, 15) is 9.59 Å². The van der Waals surface area contributed by atoms with Gasteiger partial charge in [0.05, 0.1) is 0 Å². The molecular formula is C19H14N2O2S. The van der Waals surface area contributed by atoms with Crippen molar-refractivity contribution in [2.24, 2.45) is 0 Å². The van der Waals surface area contributed by atoms with E-state index in [0.29, 0.717) is 5.56 Å². The number of carbonyl (C=O) groups excluding carboxylic acids is 2. The molecule has 118 valence electrons. The molecule has 3 aromatic carbocycles. The van der Waals surface area contributed by atoms with Crippen LogP contribution in [0, 0.1) is 0 Å². The number of hydrogen-bond acceptors (Lipinski definition) is 3. The predicted molar refractivity (Wildman–Crippen MR) is 98.1 cm³/mol. The van der Waals surface area contributed by atoms with Gasteiger partial charge in [-0.15, -0.1) is 0 Å². The molecule has 0 aliphatic rings.